The van der Waals surface area contributed by atoms with E-state index in [0.29, 0.717) is 12.0 Å². The van der Waals surface area contributed by atoms with Crippen LogP contribution in [0.5, 0.6) is 6.01 Å². The van der Waals surface area contributed by atoms with Gasteiger partial charge in [0, 0.05) is 11.3 Å². The van der Waals surface area contributed by atoms with Gasteiger partial charge >= 0.3 is 12.2 Å². The molecule has 9 heteroatoms. The molecule has 0 atom stereocenters. The third-order valence-corrected chi connectivity index (χ3v) is 3.96. The van der Waals surface area contributed by atoms with Crippen molar-refractivity contribution in [1.82, 2.24) is 15.0 Å². The molecule has 1 N–H and O–H groups in total. The molecule has 0 amide bonds. The van der Waals surface area contributed by atoms with Gasteiger partial charge < -0.3 is 10.1 Å². The molecule has 3 rings (SSSR count). The number of aromatic nitrogens is 3. The van der Waals surface area contributed by atoms with Crippen LogP contribution in [0, 0.1) is 5.82 Å². The van der Waals surface area contributed by atoms with Gasteiger partial charge in [0.25, 0.3) is 0 Å². The Morgan fingerprint density at radius 1 is 1.00 bits per heavy atom. The monoisotopic (exact) mass is 406 g/mol. The fourth-order valence-electron chi connectivity index (χ4n) is 2.62. The Kier molecular flexibility index (Phi) is 5.95. The van der Waals surface area contributed by atoms with E-state index < -0.39 is 17.6 Å². The summed E-state index contributed by atoms with van der Waals surface area (Å²) >= 11 is 0. The van der Waals surface area contributed by atoms with Gasteiger partial charge in [-0.25, -0.2) is 4.39 Å². The molecule has 0 saturated carbocycles. The van der Waals surface area contributed by atoms with Gasteiger partial charge in [0.1, 0.15) is 5.82 Å². The summed E-state index contributed by atoms with van der Waals surface area (Å²) in [5.74, 6) is -0.308. The first-order valence-corrected chi connectivity index (χ1v) is 8.91. The van der Waals surface area contributed by atoms with Crippen LogP contribution in [0.2, 0.25) is 0 Å². The first-order valence-electron chi connectivity index (χ1n) is 8.91. The summed E-state index contributed by atoms with van der Waals surface area (Å²) in [6.07, 6.45) is -3.86. The molecule has 5 nitrogen and oxygen atoms in total. The van der Waals surface area contributed by atoms with Crippen molar-refractivity contribution in [3.63, 3.8) is 0 Å². The molecule has 0 aliphatic carbocycles. The normalized spacial score (nSPS) is 11.4. The van der Waals surface area contributed by atoms with Crippen molar-refractivity contribution in [3.05, 3.63) is 59.4 Å². The third-order valence-electron chi connectivity index (χ3n) is 3.96. The predicted octanol–water partition coefficient (Wildman–Crippen LogP) is 5.40. The van der Waals surface area contributed by atoms with Crippen molar-refractivity contribution in [2.45, 2.75) is 26.4 Å². The number of aryl methyl sites for hydroxylation is 1. The van der Waals surface area contributed by atoms with Crippen molar-refractivity contribution in [3.8, 4) is 17.4 Å². The van der Waals surface area contributed by atoms with E-state index in [4.69, 9.17) is 4.74 Å². The van der Waals surface area contributed by atoms with E-state index in [-0.39, 0.29) is 30.1 Å². The summed E-state index contributed by atoms with van der Waals surface area (Å²) in [6.45, 7) is 3.90. The average molecular weight is 406 g/mol. The quantitative estimate of drug-likeness (QED) is 0.556. The molecule has 3 aromatic rings. The Bertz CT molecular complexity index is 1010. The Morgan fingerprint density at radius 3 is 2.48 bits per heavy atom. The summed E-state index contributed by atoms with van der Waals surface area (Å²) in [7, 11) is 0. The second-order valence-corrected chi connectivity index (χ2v) is 6.10. The Labute approximate surface area is 164 Å². The van der Waals surface area contributed by atoms with Crippen LogP contribution in [-0.4, -0.2) is 21.6 Å². The molecule has 2 aromatic carbocycles. The van der Waals surface area contributed by atoms with Crippen LogP contribution in [0.25, 0.3) is 11.4 Å². The van der Waals surface area contributed by atoms with Crippen molar-refractivity contribution in [2.24, 2.45) is 0 Å². The molecule has 29 heavy (non-hydrogen) atoms. The second-order valence-electron chi connectivity index (χ2n) is 6.10. The Morgan fingerprint density at radius 2 is 1.79 bits per heavy atom. The molecular weight excluding hydrogens is 388 g/mol. The lowest BCUT2D eigenvalue weighted by Crippen LogP contribution is -2.07. The largest absolute Gasteiger partial charge is 0.464 e. The highest BCUT2D eigenvalue weighted by Gasteiger charge is 2.30. The summed E-state index contributed by atoms with van der Waals surface area (Å²) in [5.41, 5.74) is 0.510. The average Bonchev–Trinajstić information content (AvgIpc) is 2.67. The second kappa shape index (κ2) is 8.42. The summed E-state index contributed by atoms with van der Waals surface area (Å²) < 4.78 is 58.1. The highest BCUT2D eigenvalue weighted by molar-refractivity contribution is 5.61. The van der Waals surface area contributed by atoms with Gasteiger partial charge in [0.05, 0.1) is 12.2 Å². The van der Waals surface area contributed by atoms with Gasteiger partial charge in [-0.05, 0) is 55.3 Å². The van der Waals surface area contributed by atoms with Crippen LogP contribution >= 0.6 is 0 Å². The smallest absolute Gasteiger partial charge is 0.416 e. The van der Waals surface area contributed by atoms with Crippen molar-refractivity contribution in [2.75, 3.05) is 11.9 Å². The lowest BCUT2D eigenvalue weighted by Gasteiger charge is -2.12. The summed E-state index contributed by atoms with van der Waals surface area (Å²) in [5, 5.41) is 2.73. The van der Waals surface area contributed by atoms with E-state index >= 15 is 0 Å². The molecule has 0 fully saturated rings. The van der Waals surface area contributed by atoms with Gasteiger partial charge in [0.2, 0.25) is 5.95 Å². The first kappa shape index (κ1) is 20.5. The maximum absolute atomic E-state index is 13.9. The van der Waals surface area contributed by atoms with Crippen LogP contribution in [0.1, 0.15) is 25.0 Å². The lowest BCUT2D eigenvalue weighted by atomic mass is 10.1. The molecule has 1 aromatic heterocycles. The molecule has 0 aliphatic heterocycles. The van der Waals surface area contributed by atoms with Crippen LogP contribution in [-0.2, 0) is 12.6 Å². The highest BCUT2D eigenvalue weighted by Crippen LogP contribution is 2.31. The topological polar surface area (TPSA) is 59.9 Å². The number of hydrogen-bond donors (Lipinski definition) is 1. The zero-order valence-electron chi connectivity index (χ0n) is 15.7. The van der Waals surface area contributed by atoms with Crippen LogP contribution in [0.4, 0.5) is 29.2 Å². The first-order chi connectivity index (χ1) is 13.8. The fraction of sp³-hybridized carbons (Fsp3) is 0.250. The number of hydrogen-bond acceptors (Lipinski definition) is 5. The summed E-state index contributed by atoms with van der Waals surface area (Å²) in [6, 6.07) is 9.05. The zero-order chi connectivity index (χ0) is 21.0. The van der Waals surface area contributed by atoms with Crippen molar-refractivity contribution >= 4 is 11.6 Å². The SMILES string of the molecule is CCOc1nc(Nc2cccc(C(F)(F)F)c2)nc(-c2cc(F)cc(CC)c2)n1. The van der Waals surface area contributed by atoms with Crippen LogP contribution < -0.4 is 10.1 Å². The number of benzene rings is 2. The molecule has 0 unspecified atom stereocenters. The van der Waals surface area contributed by atoms with E-state index in [1.807, 2.05) is 6.92 Å². The third kappa shape index (κ3) is 5.18. The minimum absolute atomic E-state index is 0.0138. The molecule has 0 bridgehead atoms. The molecule has 0 spiro atoms. The number of alkyl halides is 3. The lowest BCUT2D eigenvalue weighted by molar-refractivity contribution is -0.137. The fourth-order valence-corrected chi connectivity index (χ4v) is 2.62. The van der Waals surface area contributed by atoms with Gasteiger partial charge in [-0.1, -0.05) is 13.0 Å². The van der Waals surface area contributed by atoms with E-state index in [9.17, 15) is 17.6 Å². The van der Waals surface area contributed by atoms with E-state index in [1.165, 1.54) is 24.3 Å². The van der Waals surface area contributed by atoms with Crippen LogP contribution in [0.15, 0.2) is 42.5 Å². The number of ether oxygens (including phenoxy) is 1. The Hall–Kier alpha value is -3.23. The minimum Gasteiger partial charge on any atom is -0.464 e. The summed E-state index contributed by atoms with van der Waals surface area (Å²) in [4.78, 5) is 12.5. The zero-order valence-corrected chi connectivity index (χ0v) is 15.7. The van der Waals surface area contributed by atoms with Crippen molar-refractivity contribution in [1.29, 1.82) is 0 Å². The van der Waals surface area contributed by atoms with Gasteiger partial charge in [-0.15, -0.1) is 0 Å². The number of nitrogens with one attached hydrogen (secondary N) is 1. The number of nitrogens with zero attached hydrogens (tertiary/aromatic N) is 3. The van der Waals surface area contributed by atoms with Gasteiger partial charge in [0.15, 0.2) is 5.82 Å². The highest BCUT2D eigenvalue weighted by atomic mass is 19.4. The maximum atomic E-state index is 13.9. The molecule has 0 saturated heterocycles. The van der Waals surface area contributed by atoms with E-state index in [0.717, 1.165) is 17.7 Å². The van der Waals surface area contributed by atoms with Crippen molar-refractivity contribution < 1.29 is 22.3 Å². The molecular formula is C20H18F4N4O. The van der Waals surface area contributed by atoms with Crippen LogP contribution in [0.3, 0.4) is 0 Å². The maximum Gasteiger partial charge on any atom is 0.416 e. The van der Waals surface area contributed by atoms with Gasteiger partial charge in [-0.2, -0.15) is 28.1 Å². The molecule has 0 radical (unpaired) electrons. The molecule has 1 heterocycles. The minimum atomic E-state index is -4.48. The van der Waals surface area contributed by atoms with Gasteiger partial charge in [-0.3, -0.25) is 0 Å². The Balaban J connectivity index is 2.01. The molecule has 152 valence electrons. The molecule has 0 aliphatic rings. The standard InChI is InChI=1S/C20H18F4N4O/c1-3-12-8-13(10-15(21)9-12)17-26-18(28-19(27-17)29-4-2)25-16-7-5-6-14(11-16)20(22,23)24/h5-11H,3-4H2,1-2H3,(H,25,26,27,28). The predicted molar refractivity (Wildman–Crippen MR) is 100 cm³/mol. The van der Waals surface area contributed by atoms with E-state index in [1.54, 1.807) is 13.0 Å². The number of halogens is 4. The number of rotatable bonds is 6. The number of anilines is 2. The van der Waals surface area contributed by atoms with E-state index in [2.05, 4.69) is 20.3 Å².